The van der Waals surface area contributed by atoms with E-state index in [0.717, 1.165) is 6.42 Å². The molecule has 0 rings (SSSR count). The fraction of sp³-hybridized carbons (Fsp3) is 0.833. The van der Waals surface area contributed by atoms with Crippen molar-refractivity contribution in [1.29, 1.82) is 0 Å². The molecule has 0 saturated carbocycles. The van der Waals surface area contributed by atoms with Crippen LogP contribution in [0.5, 0.6) is 0 Å². The minimum atomic E-state index is -0.546. The zero-order valence-corrected chi connectivity index (χ0v) is 5.17. The normalized spacial score (nSPS) is 13.9. The lowest BCUT2D eigenvalue weighted by atomic mass is 10.2. The molecule has 0 fully saturated rings. The topological polar surface area (TPSA) is 40.5 Å². The summed E-state index contributed by atoms with van der Waals surface area (Å²) in [5.74, 6) is 0. The molecule has 0 aliphatic rings. The van der Waals surface area contributed by atoms with Crippen molar-refractivity contribution in [3.05, 3.63) is 6.42 Å². The Morgan fingerprint density at radius 1 is 1.62 bits per heavy atom. The minimum absolute atomic E-state index is 0.128. The van der Waals surface area contributed by atoms with E-state index in [1.807, 2.05) is 13.3 Å². The van der Waals surface area contributed by atoms with Crippen molar-refractivity contribution in [2.24, 2.45) is 0 Å². The SMILES string of the molecule is CC[CH]CC(O)CO. The second-order valence-corrected chi connectivity index (χ2v) is 1.77. The number of aliphatic hydroxyl groups is 2. The third kappa shape index (κ3) is 4.09. The van der Waals surface area contributed by atoms with E-state index < -0.39 is 6.10 Å². The van der Waals surface area contributed by atoms with Crippen LogP contribution in [-0.4, -0.2) is 22.9 Å². The number of rotatable bonds is 4. The Labute approximate surface area is 50.2 Å². The second kappa shape index (κ2) is 5.06. The van der Waals surface area contributed by atoms with Gasteiger partial charge in [0.15, 0.2) is 0 Å². The summed E-state index contributed by atoms with van der Waals surface area (Å²) in [5, 5.41) is 17.0. The molecule has 0 saturated heterocycles. The fourth-order valence-electron chi connectivity index (χ4n) is 0.434. The van der Waals surface area contributed by atoms with Gasteiger partial charge in [0.05, 0.1) is 12.7 Å². The first-order valence-corrected chi connectivity index (χ1v) is 2.91. The first kappa shape index (κ1) is 7.92. The van der Waals surface area contributed by atoms with Gasteiger partial charge >= 0.3 is 0 Å². The summed E-state index contributed by atoms with van der Waals surface area (Å²) in [4.78, 5) is 0. The molecule has 1 radical (unpaired) electrons. The van der Waals surface area contributed by atoms with Gasteiger partial charge in [-0.1, -0.05) is 13.3 Å². The average molecular weight is 117 g/mol. The van der Waals surface area contributed by atoms with Crippen LogP contribution >= 0.6 is 0 Å². The molecule has 0 aliphatic carbocycles. The van der Waals surface area contributed by atoms with Gasteiger partial charge in [-0.25, -0.2) is 0 Å². The van der Waals surface area contributed by atoms with Crippen molar-refractivity contribution in [2.75, 3.05) is 6.61 Å². The van der Waals surface area contributed by atoms with E-state index >= 15 is 0 Å². The molecule has 1 atom stereocenters. The number of hydrogen-bond donors (Lipinski definition) is 2. The molecule has 0 aliphatic heterocycles. The highest BCUT2D eigenvalue weighted by molar-refractivity contribution is 4.66. The van der Waals surface area contributed by atoms with Gasteiger partial charge in [0.2, 0.25) is 0 Å². The molecule has 0 aromatic rings. The molecule has 0 heterocycles. The zero-order chi connectivity index (χ0) is 6.41. The van der Waals surface area contributed by atoms with Crippen LogP contribution in [0, 0.1) is 6.42 Å². The Hall–Kier alpha value is -0.0800. The molecule has 0 bridgehead atoms. The molecular weight excluding hydrogens is 104 g/mol. The monoisotopic (exact) mass is 117 g/mol. The van der Waals surface area contributed by atoms with Crippen molar-refractivity contribution in [1.82, 2.24) is 0 Å². The third-order valence-corrected chi connectivity index (χ3v) is 0.938. The van der Waals surface area contributed by atoms with Crippen molar-refractivity contribution >= 4 is 0 Å². The van der Waals surface area contributed by atoms with E-state index in [2.05, 4.69) is 0 Å². The van der Waals surface area contributed by atoms with Gasteiger partial charge in [-0.3, -0.25) is 0 Å². The molecule has 0 amide bonds. The summed E-state index contributed by atoms with van der Waals surface area (Å²) >= 11 is 0. The quantitative estimate of drug-likeness (QED) is 0.557. The third-order valence-electron chi connectivity index (χ3n) is 0.938. The van der Waals surface area contributed by atoms with Crippen molar-refractivity contribution < 1.29 is 10.2 Å². The van der Waals surface area contributed by atoms with Gasteiger partial charge in [-0.2, -0.15) is 0 Å². The van der Waals surface area contributed by atoms with Crippen LogP contribution in [0.25, 0.3) is 0 Å². The highest BCUT2D eigenvalue weighted by atomic mass is 16.3. The van der Waals surface area contributed by atoms with Gasteiger partial charge in [0.25, 0.3) is 0 Å². The van der Waals surface area contributed by atoms with Crippen LogP contribution in [0.4, 0.5) is 0 Å². The molecule has 0 spiro atoms. The Balaban J connectivity index is 2.86. The van der Waals surface area contributed by atoms with Crippen LogP contribution < -0.4 is 0 Å². The van der Waals surface area contributed by atoms with Crippen molar-refractivity contribution in [3.8, 4) is 0 Å². The summed E-state index contributed by atoms with van der Waals surface area (Å²) in [5.41, 5.74) is 0. The smallest absolute Gasteiger partial charge is 0.0773 e. The van der Waals surface area contributed by atoms with E-state index in [-0.39, 0.29) is 6.61 Å². The number of hydrogen-bond acceptors (Lipinski definition) is 2. The fourth-order valence-corrected chi connectivity index (χ4v) is 0.434. The molecule has 49 valence electrons. The Kier molecular flexibility index (Phi) is 5.01. The summed E-state index contributed by atoms with van der Waals surface area (Å²) in [7, 11) is 0. The zero-order valence-electron chi connectivity index (χ0n) is 5.17. The maximum absolute atomic E-state index is 8.71. The van der Waals surface area contributed by atoms with Crippen LogP contribution in [0.2, 0.25) is 0 Å². The van der Waals surface area contributed by atoms with Crippen molar-refractivity contribution in [2.45, 2.75) is 25.9 Å². The lowest BCUT2D eigenvalue weighted by Gasteiger charge is -2.02. The number of aliphatic hydroxyl groups excluding tert-OH is 2. The van der Waals surface area contributed by atoms with Gasteiger partial charge in [0.1, 0.15) is 0 Å². The van der Waals surface area contributed by atoms with Crippen molar-refractivity contribution in [3.63, 3.8) is 0 Å². The summed E-state index contributed by atoms with van der Waals surface area (Å²) < 4.78 is 0. The highest BCUT2D eigenvalue weighted by Gasteiger charge is 1.98. The van der Waals surface area contributed by atoms with Crippen LogP contribution in [-0.2, 0) is 0 Å². The summed E-state index contributed by atoms with van der Waals surface area (Å²) in [6.45, 7) is 1.88. The lowest BCUT2D eigenvalue weighted by Crippen LogP contribution is -2.10. The maximum atomic E-state index is 8.71. The molecule has 0 aromatic carbocycles. The molecule has 1 unspecified atom stereocenters. The Morgan fingerprint density at radius 2 is 2.25 bits per heavy atom. The number of unbranched alkanes of at least 4 members (excludes halogenated alkanes) is 1. The predicted molar refractivity (Wildman–Crippen MR) is 32.3 cm³/mol. The van der Waals surface area contributed by atoms with Crippen LogP contribution in [0.3, 0.4) is 0 Å². The van der Waals surface area contributed by atoms with E-state index in [1.165, 1.54) is 0 Å². The van der Waals surface area contributed by atoms with Gasteiger partial charge in [0, 0.05) is 0 Å². The Bertz CT molecular complexity index is 45.8. The van der Waals surface area contributed by atoms with E-state index in [4.69, 9.17) is 10.2 Å². The van der Waals surface area contributed by atoms with Gasteiger partial charge < -0.3 is 10.2 Å². The minimum Gasteiger partial charge on any atom is -0.394 e. The molecule has 2 heteroatoms. The average Bonchev–Trinajstić information content (AvgIpc) is 1.83. The van der Waals surface area contributed by atoms with Crippen LogP contribution in [0.1, 0.15) is 19.8 Å². The first-order chi connectivity index (χ1) is 3.81. The van der Waals surface area contributed by atoms with Gasteiger partial charge in [-0.15, -0.1) is 0 Å². The first-order valence-electron chi connectivity index (χ1n) is 2.91. The van der Waals surface area contributed by atoms with E-state index in [1.54, 1.807) is 0 Å². The summed E-state index contributed by atoms with van der Waals surface area (Å²) in [6.07, 6.45) is 2.96. The lowest BCUT2D eigenvalue weighted by molar-refractivity contribution is 0.0942. The molecule has 2 nitrogen and oxygen atoms in total. The van der Waals surface area contributed by atoms with E-state index in [9.17, 15) is 0 Å². The maximum Gasteiger partial charge on any atom is 0.0773 e. The highest BCUT2D eigenvalue weighted by Crippen LogP contribution is 1.96. The molecule has 2 N–H and O–H groups in total. The second-order valence-electron chi connectivity index (χ2n) is 1.77. The predicted octanol–water partition coefficient (Wildman–Crippen LogP) is 0.344. The Morgan fingerprint density at radius 3 is 2.62 bits per heavy atom. The van der Waals surface area contributed by atoms with E-state index in [0.29, 0.717) is 6.42 Å². The summed E-state index contributed by atoms with van der Waals surface area (Å²) in [6, 6.07) is 0. The largest absolute Gasteiger partial charge is 0.394 e. The molecule has 0 aromatic heterocycles. The standard InChI is InChI=1S/C6H13O2/c1-2-3-4-6(8)5-7/h3,6-8H,2,4-5H2,1H3. The van der Waals surface area contributed by atoms with Crippen LogP contribution in [0.15, 0.2) is 0 Å². The molecular formula is C6H13O2. The molecule has 8 heavy (non-hydrogen) atoms. The van der Waals surface area contributed by atoms with Gasteiger partial charge in [-0.05, 0) is 12.8 Å².